The number of carbonyl (C=O) groups is 1. The van der Waals surface area contributed by atoms with Crippen molar-refractivity contribution in [2.75, 3.05) is 0 Å². The molecule has 1 amide bonds. The number of aliphatic hydroxyl groups is 1. The molecule has 2 rings (SSSR count). The second-order valence-corrected chi connectivity index (χ2v) is 5.72. The van der Waals surface area contributed by atoms with Gasteiger partial charge in [-0.2, -0.15) is 41.6 Å². The Kier molecular flexibility index (Phi) is 4.61. The van der Waals surface area contributed by atoms with Gasteiger partial charge in [0.1, 0.15) is 0 Å². The molecule has 1 aromatic rings. The molecule has 2 atom stereocenters. The summed E-state index contributed by atoms with van der Waals surface area (Å²) in [5, 5.41) is 16.2. The Balaban J connectivity index is 2.19. The Labute approximate surface area is 137 Å². The molecule has 0 spiro atoms. The molecule has 1 aliphatic heterocycles. The molecule has 0 saturated carbocycles. The van der Waals surface area contributed by atoms with E-state index < -0.39 is 48.6 Å². The van der Waals surface area contributed by atoms with Crippen molar-refractivity contribution in [1.82, 2.24) is 14.8 Å². The minimum atomic E-state index is -5.13. The molecule has 0 bridgehead atoms. The first-order chi connectivity index (χ1) is 11.3. The van der Waals surface area contributed by atoms with E-state index in [1.807, 2.05) is 0 Å². The van der Waals surface area contributed by atoms with Gasteiger partial charge in [-0.1, -0.05) is 6.92 Å². The van der Waals surface area contributed by atoms with Crippen molar-refractivity contribution in [3.63, 3.8) is 0 Å². The van der Waals surface area contributed by atoms with Gasteiger partial charge in [0, 0.05) is 18.3 Å². The van der Waals surface area contributed by atoms with Gasteiger partial charge >= 0.3 is 12.4 Å². The third kappa shape index (κ3) is 3.48. The maximum atomic E-state index is 13.0. The van der Waals surface area contributed by atoms with E-state index in [2.05, 4.69) is 10.2 Å². The lowest BCUT2D eigenvalue weighted by atomic mass is 10.1. The van der Waals surface area contributed by atoms with Gasteiger partial charge in [-0.3, -0.25) is 9.48 Å². The summed E-state index contributed by atoms with van der Waals surface area (Å²) in [7, 11) is 0. The number of alkyl halides is 6. The lowest BCUT2D eigenvalue weighted by Gasteiger charge is -2.33. The van der Waals surface area contributed by atoms with E-state index in [9.17, 15) is 36.2 Å². The number of aromatic nitrogens is 2. The summed E-state index contributed by atoms with van der Waals surface area (Å²) in [4.78, 5) is 12.2. The second-order valence-electron chi connectivity index (χ2n) is 5.72. The van der Waals surface area contributed by atoms with Gasteiger partial charge in [0.05, 0.1) is 12.5 Å². The minimum Gasteiger partial charge on any atom is -0.362 e. The maximum Gasteiger partial charge on any atom is 0.438 e. The molecule has 1 N–H and O–H groups in total. The number of amides is 1. The fourth-order valence-electron chi connectivity index (χ4n) is 2.29. The normalized spacial score (nSPS) is 22.5. The average molecular weight is 372 g/mol. The van der Waals surface area contributed by atoms with Crippen molar-refractivity contribution in [3.05, 3.63) is 17.5 Å². The van der Waals surface area contributed by atoms with Gasteiger partial charge in [-0.05, 0) is 13.0 Å². The van der Waals surface area contributed by atoms with Gasteiger partial charge < -0.3 is 5.11 Å². The number of hydrogen-bond acceptors (Lipinski definition) is 4. The van der Waals surface area contributed by atoms with Crippen molar-refractivity contribution in [1.29, 1.82) is 0 Å². The van der Waals surface area contributed by atoms with E-state index >= 15 is 0 Å². The number of halogens is 6. The SMILES string of the molecule is Cc1cc(C(F)(F)F)nn1C[C@@H](C)C(=O)N1N=CC[C@]1(O)C(F)(F)F. The number of carbonyl (C=O) groups excluding carboxylic acids is 1. The Morgan fingerprint density at radius 2 is 1.96 bits per heavy atom. The molecule has 6 nitrogen and oxygen atoms in total. The first-order valence-corrected chi connectivity index (χ1v) is 7.04. The van der Waals surface area contributed by atoms with Crippen LogP contribution in [-0.4, -0.2) is 43.9 Å². The number of rotatable bonds is 3. The van der Waals surface area contributed by atoms with Crippen LogP contribution in [-0.2, 0) is 17.5 Å². The molecule has 0 aliphatic carbocycles. The summed E-state index contributed by atoms with van der Waals surface area (Å²) < 4.78 is 77.7. The summed E-state index contributed by atoms with van der Waals surface area (Å²) in [6, 6.07) is 0.761. The van der Waals surface area contributed by atoms with E-state index in [1.165, 1.54) is 13.8 Å². The van der Waals surface area contributed by atoms with Crippen LogP contribution in [0.4, 0.5) is 26.3 Å². The van der Waals surface area contributed by atoms with Crippen LogP contribution in [0.5, 0.6) is 0 Å². The quantitative estimate of drug-likeness (QED) is 0.828. The van der Waals surface area contributed by atoms with Crippen molar-refractivity contribution in [2.45, 2.75) is 44.9 Å². The molecule has 140 valence electrons. The highest BCUT2D eigenvalue weighted by Crippen LogP contribution is 2.39. The van der Waals surface area contributed by atoms with Crippen molar-refractivity contribution in [2.24, 2.45) is 11.0 Å². The van der Waals surface area contributed by atoms with Gasteiger partial charge in [0.15, 0.2) is 5.69 Å². The number of hydrogen-bond donors (Lipinski definition) is 1. The van der Waals surface area contributed by atoms with E-state index in [0.717, 1.165) is 17.0 Å². The lowest BCUT2D eigenvalue weighted by molar-refractivity contribution is -0.303. The summed E-state index contributed by atoms with van der Waals surface area (Å²) >= 11 is 0. The van der Waals surface area contributed by atoms with Gasteiger partial charge in [-0.15, -0.1) is 0 Å². The van der Waals surface area contributed by atoms with Crippen molar-refractivity contribution < 1.29 is 36.2 Å². The first-order valence-electron chi connectivity index (χ1n) is 7.04. The molecule has 0 aromatic carbocycles. The van der Waals surface area contributed by atoms with Crippen LogP contribution in [0.3, 0.4) is 0 Å². The monoisotopic (exact) mass is 372 g/mol. The fourth-order valence-corrected chi connectivity index (χ4v) is 2.29. The van der Waals surface area contributed by atoms with Crippen LogP contribution in [0.1, 0.15) is 24.7 Å². The smallest absolute Gasteiger partial charge is 0.362 e. The Morgan fingerprint density at radius 3 is 2.44 bits per heavy atom. The van der Waals surface area contributed by atoms with E-state index in [-0.39, 0.29) is 10.7 Å². The molecular formula is C13H14F6N4O2. The van der Waals surface area contributed by atoms with Gasteiger partial charge in [-0.25, -0.2) is 0 Å². The fraction of sp³-hybridized carbons (Fsp3) is 0.615. The predicted molar refractivity (Wildman–Crippen MR) is 72.1 cm³/mol. The van der Waals surface area contributed by atoms with Crippen LogP contribution < -0.4 is 0 Å². The number of hydrazone groups is 1. The van der Waals surface area contributed by atoms with Crippen LogP contribution in [0.15, 0.2) is 11.2 Å². The minimum absolute atomic E-state index is 0.0822. The molecule has 12 heteroatoms. The molecular weight excluding hydrogens is 358 g/mol. The van der Waals surface area contributed by atoms with Gasteiger partial charge in [0.2, 0.25) is 5.91 Å². The largest absolute Gasteiger partial charge is 0.438 e. The van der Waals surface area contributed by atoms with Crippen molar-refractivity contribution >= 4 is 12.1 Å². The summed E-state index contributed by atoms with van der Waals surface area (Å²) in [5.41, 5.74) is -4.55. The first kappa shape index (κ1) is 19.2. The average Bonchev–Trinajstić information content (AvgIpc) is 3.02. The third-order valence-corrected chi connectivity index (χ3v) is 3.73. The van der Waals surface area contributed by atoms with E-state index in [0.29, 0.717) is 0 Å². The molecule has 0 unspecified atom stereocenters. The zero-order valence-corrected chi connectivity index (χ0v) is 13.1. The van der Waals surface area contributed by atoms with Crippen molar-refractivity contribution in [3.8, 4) is 0 Å². The standard InChI is InChI=1S/C13H14F6N4O2/c1-7(6-22-8(2)5-9(21-22)12(14,15)16)10(24)23-11(25,3-4-20-23)13(17,18)19/h4-5,7,25H,3,6H2,1-2H3/t7-,11+/m1/s1. The highest BCUT2D eigenvalue weighted by Gasteiger charge is 2.61. The Morgan fingerprint density at radius 1 is 1.36 bits per heavy atom. The molecule has 0 fully saturated rings. The van der Waals surface area contributed by atoms with Crippen LogP contribution >= 0.6 is 0 Å². The van der Waals surface area contributed by atoms with Crippen LogP contribution in [0, 0.1) is 12.8 Å². The Bertz CT molecular complexity index is 696. The molecule has 2 heterocycles. The lowest BCUT2D eigenvalue weighted by Crippen LogP contribution is -2.57. The topological polar surface area (TPSA) is 70.7 Å². The molecule has 1 aromatic heterocycles. The number of nitrogens with zero attached hydrogens (tertiary/aromatic N) is 4. The zero-order chi connectivity index (χ0) is 19.2. The molecule has 1 aliphatic rings. The second kappa shape index (κ2) is 6.00. The molecule has 25 heavy (non-hydrogen) atoms. The Hall–Kier alpha value is -2.11. The van der Waals surface area contributed by atoms with Gasteiger partial charge in [0.25, 0.3) is 5.72 Å². The van der Waals surface area contributed by atoms with Crippen LogP contribution in [0.25, 0.3) is 0 Å². The zero-order valence-electron chi connectivity index (χ0n) is 13.1. The summed E-state index contributed by atoms with van der Waals surface area (Å²) in [5.74, 6) is -2.39. The molecule has 0 saturated heterocycles. The van der Waals surface area contributed by atoms with E-state index in [1.54, 1.807) is 0 Å². The highest BCUT2D eigenvalue weighted by atomic mass is 19.4. The number of aryl methyl sites for hydroxylation is 1. The van der Waals surface area contributed by atoms with E-state index in [4.69, 9.17) is 0 Å². The highest BCUT2D eigenvalue weighted by molar-refractivity contribution is 5.82. The molecule has 0 radical (unpaired) electrons. The summed E-state index contributed by atoms with van der Waals surface area (Å²) in [6.07, 6.45) is -9.99. The maximum absolute atomic E-state index is 13.0. The summed E-state index contributed by atoms with van der Waals surface area (Å²) in [6.45, 7) is 2.13. The predicted octanol–water partition coefficient (Wildman–Crippen LogP) is 2.32. The third-order valence-electron chi connectivity index (χ3n) is 3.73. The van der Waals surface area contributed by atoms with Crippen LogP contribution in [0.2, 0.25) is 0 Å².